The Morgan fingerprint density at radius 3 is 2.78 bits per heavy atom. The van der Waals surface area contributed by atoms with Crippen LogP contribution >= 0.6 is 7.82 Å². The zero-order valence-corrected chi connectivity index (χ0v) is 14.8. The average Bonchev–Trinajstić information content (AvgIpc) is 2.90. The van der Waals surface area contributed by atoms with Gasteiger partial charge < -0.3 is 20.5 Å². The largest absolute Gasteiger partial charge is 0.472 e. The highest BCUT2D eigenvalue weighted by atomic mass is 31.2. The van der Waals surface area contributed by atoms with Gasteiger partial charge in [-0.2, -0.15) is 18.2 Å². The second kappa shape index (κ2) is 8.67. The smallest absolute Gasteiger partial charge is 0.390 e. The average molecular weight is 417 g/mol. The van der Waals surface area contributed by atoms with Crippen molar-refractivity contribution in [2.45, 2.75) is 43.9 Å². The van der Waals surface area contributed by atoms with Crippen LogP contribution in [0.25, 0.3) is 0 Å². The maximum atomic E-state index is 12.0. The molecule has 154 valence electrons. The Balaban J connectivity index is 1.83. The van der Waals surface area contributed by atoms with Crippen LogP contribution < -0.4 is 11.4 Å². The summed E-state index contributed by atoms with van der Waals surface area (Å²) < 4.78 is 63.2. The topological polar surface area (TPSA) is 146 Å². The minimum atomic E-state index is -4.62. The van der Waals surface area contributed by atoms with Gasteiger partial charge in [-0.3, -0.25) is 13.6 Å². The quantitative estimate of drug-likeness (QED) is 0.416. The third-order valence-electron chi connectivity index (χ3n) is 3.63. The lowest BCUT2D eigenvalue weighted by Crippen LogP contribution is -2.28. The summed E-state index contributed by atoms with van der Waals surface area (Å²) in [4.78, 5) is 24.8. The van der Waals surface area contributed by atoms with Crippen LogP contribution in [0.15, 0.2) is 17.1 Å². The number of nitrogen functional groups attached to an aromatic ring is 1. The van der Waals surface area contributed by atoms with Crippen LogP contribution in [0.4, 0.5) is 19.0 Å². The van der Waals surface area contributed by atoms with Gasteiger partial charge >= 0.3 is 19.7 Å². The van der Waals surface area contributed by atoms with E-state index in [0.29, 0.717) is 0 Å². The first kappa shape index (κ1) is 21.8. The van der Waals surface area contributed by atoms with Gasteiger partial charge in [-0.1, -0.05) is 0 Å². The second-order valence-corrected chi connectivity index (χ2v) is 7.24. The van der Waals surface area contributed by atoms with Crippen LogP contribution in [0.1, 0.15) is 25.5 Å². The van der Waals surface area contributed by atoms with Gasteiger partial charge in [-0.05, 0) is 12.5 Å². The molecule has 4 atom stereocenters. The molecular formula is C13H19F3N3O7P. The molecule has 1 unspecified atom stereocenters. The molecule has 0 aliphatic carbocycles. The van der Waals surface area contributed by atoms with E-state index in [1.807, 2.05) is 0 Å². The number of nitrogens with two attached hydrogens (primary N) is 1. The first-order valence-electron chi connectivity index (χ1n) is 7.84. The van der Waals surface area contributed by atoms with Crippen LogP contribution in [0.5, 0.6) is 0 Å². The lowest BCUT2D eigenvalue weighted by Gasteiger charge is -2.18. The maximum Gasteiger partial charge on any atom is 0.472 e. The monoisotopic (exact) mass is 417 g/mol. The number of alkyl halides is 3. The normalized spacial score (nSPS) is 25.4. The lowest BCUT2D eigenvalue weighted by atomic mass is 10.2. The van der Waals surface area contributed by atoms with E-state index < -0.39 is 64.2 Å². The molecule has 1 aliphatic rings. The molecule has 2 rings (SSSR count). The van der Waals surface area contributed by atoms with E-state index in [9.17, 15) is 32.5 Å². The molecule has 0 amide bonds. The highest BCUT2D eigenvalue weighted by Crippen LogP contribution is 2.44. The fourth-order valence-corrected chi connectivity index (χ4v) is 3.11. The van der Waals surface area contributed by atoms with Crippen LogP contribution in [0.2, 0.25) is 0 Å². The van der Waals surface area contributed by atoms with Crippen molar-refractivity contribution in [1.29, 1.82) is 0 Å². The lowest BCUT2D eigenvalue weighted by molar-refractivity contribution is -0.136. The van der Waals surface area contributed by atoms with Crippen molar-refractivity contribution < 1.29 is 41.5 Å². The number of halogens is 3. The number of aromatic nitrogens is 2. The maximum absolute atomic E-state index is 12.0. The standard InChI is InChI=1S/C13H19F3N3O7P/c14-13(15,16)3-1-5-24-27(22,23)25-7-9-8(20)6-11(26-9)19-4-2-10(17)18-12(19)21/h2,4,8-9,11,20H,1,3,5-7H2,(H,22,23)(H2,17,18,21)/t8-,9+,11+/m0/s1. The summed E-state index contributed by atoms with van der Waals surface area (Å²) in [6.45, 7) is -1.20. The summed E-state index contributed by atoms with van der Waals surface area (Å²) in [5.41, 5.74) is 4.68. The molecule has 27 heavy (non-hydrogen) atoms. The van der Waals surface area contributed by atoms with Gasteiger partial charge in [0.1, 0.15) is 18.1 Å². The molecule has 0 spiro atoms. The number of aliphatic hydroxyl groups excluding tert-OH is 1. The Hall–Kier alpha value is -1.50. The molecule has 1 fully saturated rings. The Morgan fingerprint density at radius 1 is 1.44 bits per heavy atom. The van der Waals surface area contributed by atoms with E-state index in [0.717, 1.165) is 4.57 Å². The predicted octanol–water partition coefficient (Wildman–Crippen LogP) is 0.950. The van der Waals surface area contributed by atoms with Crippen LogP contribution in [0, 0.1) is 0 Å². The van der Waals surface area contributed by atoms with Crippen molar-refractivity contribution in [2.75, 3.05) is 18.9 Å². The summed E-state index contributed by atoms with van der Waals surface area (Å²) in [5, 5.41) is 9.96. The molecule has 2 heterocycles. The Labute approximate surface area is 151 Å². The Morgan fingerprint density at radius 2 is 2.15 bits per heavy atom. The molecule has 0 bridgehead atoms. The fraction of sp³-hybridized carbons (Fsp3) is 0.692. The van der Waals surface area contributed by atoms with Crippen molar-refractivity contribution in [1.82, 2.24) is 9.55 Å². The highest BCUT2D eigenvalue weighted by molar-refractivity contribution is 7.47. The number of phosphoric ester groups is 1. The van der Waals surface area contributed by atoms with Gasteiger partial charge in [0.15, 0.2) is 0 Å². The van der Waals surface area contributed by atoms with Crippen LogP contribution in [0.3, 0.4) is 0 Å². The van der Waals surface area contributed by atoms with Gasteiger partial charge in [0.2, 0.25) is 0 Å². The number of hydrogen-bond donors (Lipinski definition) is 3. The van der Waals surface area contributed by atoms with E-state index in [4.69, 9.17) is 10.5 Å². The second-order valence-electron chi connectivity index (χ2n) is 5.79. The molecule has 0 radical (unpaired) electrons. The van der Waals surface area contributed by atoms with Crippen molar-refractivity contribution in [3.05, 3.63) is 22.7 Å². The summed E-state index contributed by atoms with van der Waals surface area (Å²) in [6, 6.07) is 1.36. The molecule has 1 aliphatic heterocycles. The predicted molar refractivity (Wildman–Crippen MR) is 84.5 cm³/mol. The van der Waals surface area contributed by atoms with E-state index in [1.54, 1.807) is 0 Å². The SMILES string of the molecule is Nc1ccn([C@H]2C[C@H](O)[C@@H](COP(=O)(O)OCCCC(F)(F)F)O2)c(=O)n1. The van der Waals surface area contributed by atoms with Gasteiger partial charge in [0.05, 0.1) is 19.3 Å². The minimum Gasteiger partial charge on any atom is -0.390 e. The molecule has 0 aromatic carbocycles. The molecule has 4 N–H and O–H groups in total. The van der Waals surface area contributed by atoms with Crippen LogP contribution in [-0.4, -0.2) is 51.1 Å². The van der Waals surface area contributed by atoms with E-state index in [2.05, 4.69) is 14.0 Å². The first-order valence-corrected chi connectivity index (χ1v) is 9.33. The van der Waals surface area contributed by atoms with Crippen molar-refractivity contribution in [2.24, 2.45) is 0 Å². The van der Waals surface area contributed by atoms with Crippen molar-refractivity contribution in [3.8, 4) is 0 Å². The third kappa shape index (κ3) is 6.87. The zero-order valence-electron chi connectivity index (χ0n) is 13.9. The number of phosphoric acid groups is 1. The number of aliphatic hydroxyl groups is 1. The third-order valence-corrected chi connectivity index (χ3v) is 4.61. The van der Waals surface area contributed by atoms with E-state index >= 15 is 0 Å². The number of nitrogens with zero attached hydrogens (tertiary/aromatic N) is 2. The summed E-state index contributed by atoms with van der Waals surface area (Å²) in [6.07, 6.45) is -7.81. The van der Waals surface area contributed by atoms with Gasteiger partial charge in [-0.25, -0.2) is 9.36 Å². The van der Waals surface area contributed by atoms with Crippen LogP contribution in [-0.2, 0) is 18.3 Å². The van der Waals surface area contributed by atoms with Gasteiger partial charge in [0, 0.05) is 19.0 Å². The summed E-state index contributed by atoms with van der Waals surface area (Å²) in [7, 11) is -4.62. The minimum absolute atomic E-state index is 0.0122. The molecule has 0 saturated carbocycles. The molecule has 1 aromatic rings. The molecule has 14 heteroatoms. The molecule has 1 aromatic heterocycles. The number of ether oxygens (including phenoxy) is 1. The molecule has 1 saturated heterocycles. The van der Waals surface area contributed by atoms with Crippen molar-refractivity contribution >= 4 is 13.6 Å². The summed E-state index contributed by atoms with van der Waals surface area (Å²) >= 11 is 0. The van der Waals surface area contributed by atoms with E-state index in [-0.39, 0.29) is 12.2 Å². The fourth-order valence-electron chi connectivity index (χ4n) is 2.34. The van der Waals surface area contributed by atoms with Crippen molar-refractivity contribution in [3.63, 3.8) is 0 Å². The Bertz CT molecular complexity index is 745. The van der Waals surface area contributed by atoms with Gasteiger partial charge in [0.25, 0.3) is 0 Å². The Kier molecular flexibility index (Phi) is 7.00. The number of rotatable bonds is 8. The number of hydrogen-bond acceptors (Lipinski definition) is 8. The number of anilines is 1. The van der Waals surface area contributed by atoms with Gasteiger partial charge in [-0.15, -0.1) is 0 Å². The zero-order chi connectivity index (χ0) is 20.2. The van der Waals surface area contributed by atoms with E-state index in [1.165, 1.54) is 12.3 Å². The molecular weight excluding hydrogens is 398 g/mol. The highest BCUT2D eigenvalue weighted by Gasteiger charge is 2.37. The first-order chi connectivity index (χ1) is 12.5. The summed E-state index contributed by atoms with van der Waals surface area (Å²) in [5.74, 6) is 0.0126. The molecule has 10 nitrogen and oxygen atoms in total.